The lowest BCUT2D eigenvalue weighted by Gasteiger charge is -2.29. The summed E-state index contributed by atoms with van der Waals surface area (Å²) in [5.41, 5.74) is 0.968. The van der Waals surface area contributed by atoms with E-state index in [1.54, 1.807) is 18.2 Å². The Morgan fingerprint density at radius 3 is 2.38 bits per heavy atom. The summed E-state index contributed by atoms with van der Waals surface area (Å²) in [5, 5.41) is 20.1. The van der Waals surface area contributed by atoms with E-state index in [4.69, 9.17) is 9.47 Å². The molecule has 0 bridgehead atoms. The highest BCUT2D eigenvalue weighted by atomic mass is 16.7. The summed E-state index contributed by atoms with van der Waals surface area (Å²) >= 11 is 0. The topological polar surface area (TPSA) is 136 Å². The minimum absolute atomic E-state index is 0.0198. The van der Waals surface area contributed by atoms with Gasteiger partial charge in [0.2, 0.25) is 0 Å². The molecule has 0 radical (unpaired) electrons. The van der Waals surface area contributed by atoms with Gasteiger partial charge in [0.05, 0.1) is 10.6 Å². The molecule has 2 N–H and O–H groups in total. The number of carbonyl (C=O) groups excluding carboxylic acids is 2. The second-order valence-electron chi connectivity index (χ2n) is 5.85. The Morgan fingerprint density at radius 2 is 1.81 bits per heavy atom. The standard InChI is InChI=1S/C16H14N4O6/c1-16(2)25-14(21)11(15(22)26-16)8-17-13-7-12(18-19-13)9-3-5-10(6-4-9)20(23)24/h3-8H,1-2H3,(H2,17,18,19). The Hall–Kier alpha value is -3.69. The second-order valence-corrected chi connectivity index (χ2v) is 5.85. The van der Waals surface area contributed by atoms with Crippen molar-refractivity contribution in [2.24, 2.45) is 0 Å². The van der Waals surface area contributed by atoms with E-state index in [0.717, 1.165) is 6.20 Å². The van der Waals surface area contributed by atoms with Crippen molar-refractivity contribution in [3.05, 3.63) is 52.2 Å². The molecule has 0 unspecified atom stereocenters. The quantitative estimate of drug-likeness (QED) is 0.279. The summed E-state index contributed by atoms with van der Waals surface area (Å²) in [6.45, 7) is 2.91. The number of nitro groups is 1. The smallest absolute Gasteiger partial charge is 0.350 e. The maximum Gasteiger partial charge on any atom is 0.350 e. The molecule has 10 nitrogen and oxygen atoms in total. The minimum atomic E-state index is -1.30. The van der Waals surface area contributed by atoms with Gasteiger partial charge in [0.15, 0.2) is 11.4 Å². The van der Waals surface area contributed by atoms with E-state index in [9.17, 15) is 19.7 Å². The number of aromatic amines is 1. The van der Waals surface area contributed by atoms with Crippen LogP contribution < -0.4 is 5.32 Å². The van der Waals surface area contributed by atoms with Crippen LogP contribution in [0.1, 0.15) is 13.8 Å². The van der Waals surface area contributed by atoms with Crippen molar-refractivity contribution in [1.82, 2.24) is 10.2 Å². The normalized spacial score (nSPS) is 15.8. The van der Waals surface area contributed by atoms with Crippen molar-refractivity contribution in [2.45, 2.75) is 19.6 Å². The number of rotatable bonds is 4. The van der Waals surface area contributed by atoms with Gasteiger partial charge in [0.25, 0.3) is 11.5 Å². The number of benzene rings is 1. The number of nitro benzene ring substituents is 1. The first-order valence-electron chi connectivity index (χ1n) is 7.49. The molecule has 0 saturated carbocycles. The number of non-ortho nitro benzene ring substituents is 1. The van der Waals surface area contributed by atoms with Crippen LogP contribution in [-0.2, 0) is 19.1 Å². The number of hydrogen-bond acceptors (Lipinski definition) is 8. The molecule has 1 aromatic carbocycles. The predicted molar refractivity (Wildman–Crippen MR) is 88.6 cm³/mol. The van der Waals surface area contributed by atoms with Crippen molar-refractivity contribution in [3.63, 3.8) is 0 Å². The number of nitrogens with zero attached hydrogens (tertiary/aromatic N) is 2. The molecule has 1 aliphatic rings. The monoisotopic (exact) mass is 358 g/mol. The maximum atomic E-state index is 11.8. The molecule has 3 rings (SSSR count). The van der Waals surface area contributed by atoms with Crippen molar-refractivity contribution in [1.29, 1.82) is 0 Å². The molecule has 1 fully saturated rings. The van der Waals surface area contributed by atoms with Crippen LogP contribution in [-0.4, -0.2) is 32.8 Å². The van der Waals surface area contributed by atoms with Crippen LogP contribution in [0.5, 0.6) is 0 Å². The van der Waals surface area contributed by atoms with Gasteiger partial charge in [-0.15, -0.1) is 0 Å². The van der Waals surface area contributed by atoms with Crippen molar-refractivity contribution in [2.75, 3.05) is 5.32 Å². The van der Waals surface area contributed by atoms with Gasteiger partial charge in [-0.2, -0.15) is 5.10 Å². The van der Waals surface area contributed by atoms with Gasteiger partial charge in [0.1, 0.15) is 0 Å². The molecule has 2 heterocycles. The fourth-order valence-corrected chi connectivity index (χ4v) is 2.23. The number of esters is 2. The SMILES string of the molecule is CC1(C)OC(=O)C(=CNc2cc(-c3ccc([N+](=O)[O-])cc3)[nH]n2)C(=O)O1. The van der Waals surface area contributed by atoms with Crippen molar-refractivity contribution in [3.8, 4) is 11.3 Å². The van der Waals surface area contributed by atoms with Gasteiger partial charge in [-0.25, -0.2) is 9.59 Å². The van der Waals surface area contributed by atoms with E-state index in [0.29, 0.717) is 17.1 Å². The zero-order valence-corrected chi connectivity index (χ0v) is 13.8. The predicted octanol–water partition coefficient (Wildman–Crippen LogP) is 2.12. The number of cyclic esters (lactones) is 2. The van der Waals surface area contributed by atoms with Gasteiger partial charge in [-0.1, -0.05) is 0 Å². The second kappa shape index (κ2) is 6.31. The molecule has 0 aliphatic carbocycles. The molecule has 0 amide bonds. The Kier molecular flexibility index (Phi) is 4.16. The third-order valence-corrected chi connectivity index (χ3v) is 3.45. The molecule has 0 atom stereocenters. The first-order chi connectivity index (χ1) is 12.2. The van der Waals surface area contributed by atoms with Gasteiger partial charge in [-0.3, -0.25) is 15.2 Å². The number of H-pyrrole nitrogens is 1. The van der Waals surface area contributed by atoms with Crippen LogP contribution in [0.2, 0.25) is 0 Å². The van der Waals surface area contributed by atoms with Crippen LogP contribution in [0.4, 0.5) is 11.5 Å². The van der Waals surface area contributed by atoms with Crippen LogP contribution in [0.15, 0.2) is 42.1 Å². The summed E-state index contributed by atoms with van der Waals surface area (Å²) in [6, 6.07) is 7.52. The number of anilines is 1. The number of hydrogen-bond donors (Lipinski definition) is 2. The van der Waals surface area contributed by atoms with Crippen molar-refractivity contribution < 1.29 is 24.0 Å². The average molecular weight is 358 g/mol. The summed E-state index contributed by atoms with van der Waals surface area (Å²) in [6.07, 6.45) is 1.15. The Morgan fingerprint density at radius 1 is 1.19 bits per heavy atom. The maximum absolute atomic E-state index is 11.8. The number of nitrogens with one attached hydrogen (secondary N) is 2. The number of carbonyl (C=O) groups is 2. The fourth-order valence-electron chi connectivity index (χ4n) is 2.23. The lowest BCUT2D eigenvalue weighted by Crippen LogP contribution is -2.42. The van der Waals surface area contributed by atoms with Crippen molar-refractivity contribution >= 4 is 23.4 Å². The molecular formula is C16H14N4O6. The van der Waals surface area contributed by atoms with Gasteiger partial charge >= 0.3 is 11.9 Å². The van der Waals surface area contributed by atoms with Crippen LogP contribution >= 0.6 is 0 Å². The minimum Gasteiger partial charge on any atom is -0.419 e. The van der Waals surface area contributed by atoms with Gasteiger partial charge < -0.3 is 14.8 Å². The molecule has 10 heteroatoms. The average Bonchev–Trinajstić information content (AvgIpc) is 3.02. The molecule has 1 aromatic heterocycles. The highest BCUT2D eigenvalue weighted by Crippen LogP contribution is 2.24. The molecule has 134 valence electrons. The Bertz CT molecular complexity index is 891. The lowest BCUT2D eigenvalue weighted by atomic mass is 10.1. The van der Waals surface area contributed by atoms with Gasteiger partial charge in [-0.05, 0) is 12.1 Å². The molecular weight excluding hydrogens is 344 g/mol. The Balaban J connectivity index is 1.73. The molecule has 1 saturated heterocycles. The summed E-state index contributed by atoms with van der Waals surface area (Å²) in [5.74, 6) is -2.58. The fraction of sp³-hybridized carbons (Fsp3) is 0.188. The lowest BCUT2D eigenvalue weighted by molar-refractivity contribution is -0.384. The molecule has 0 spiro atoms. The Labute approximate surface area is 146 Å². The van der Waals surface area contributed by atoms with E-state index >= 15 is 0 Å². The van der Waals surface area contributed by atoms with E-state index < -0.39 is 22.6 Å². The summed E-state index contributed by atoms with van der Waals surface area (Å²) < 4.78 is 9.95. The first kappa shape index (κ1) is 17.1. The molecule has 2 aromatic rings. The molecule has 1 aliphatic heterocycles. The highest BCUT2D eigenvalue weighted by molar-refractivity contribution is 6.15. The zero-order chi connectivity index (χ0) is 18.9. The zero-order valence-electron chi connectivity index (χ0n) is 13.8. The summed E-state index contributed by atoms with van der Waals surface area (Å²) in [7, 11) is 0. The van der Waals surface area contributed by atoms with Crippen LogP contribution in [0.3, 0.4) is 0 Å². The van der Waals surface area contributed by atoms with E-state index in [2.05, 4.69) is 15.5 Å². The van der Waals surface area contributed by atoms with Crippen LogP contribution in [0.25, 0.3) is 11.3 Å². The van der Waals surface area contributed by atoms with Crippen LogP contribution in [0, 0.1) is 10.1 Å². The number of aromatic nitrogens is 2. The summed E-state index contributed by atoms with van der Waals surface area (Å²) in [4.78, 5) is 33.9. The highest BCUT2D eigenvalue weighted by Gasteiger charge is 2.38. The van der Waals surface area contributed by atoms with Gasteiger partial charge in [0, 0.05) is 43.8 Å². The van der Waals surface area contributed by atoms with E-state index in [-0.39, 0.29) is 11.3 Å². The third-order valence-electron chi connectivity index (χ3n) is 3.45. The number of ether oxygens (including phenoxy) is 2. The van der Waals surface area contributed by atoms with E-state index in [1.807, 2.05) is 0 Å². The third kappa shape index (κ3) is 3.53. The van der Waals surface area contributed by atoms with E-state index in [1.165, 1.54) is 26.0 Å². The largest absolute Gasteiger partial charge is 0.419 e. The molecule has 26 heavy (non-hydrogen) atoms. The first-order valence-corrected chi connectivity index (χ1v) is 7.49.